The normalized spacial score (nSPS) is 9.88. The zero-order chi connectivity index (χ0) is 11.9. The second-order valence-electron chi connectivity index (χ2n) is 3.75. The molecule has 0 fully saturated rings. The number of ether oxygens (including phenoxy) is 1. The molecule has 0 unspecified atom stereocenters. The van der Waals surface area contributed by atoms with Gasteiger partial charge in [0.1, 0.15) is 12.4 Å². The maximum Gasteiger partial charge on any atom is 0.126 e. The number of allylic oxidation sites excluding steroid dienone is 1. The Balaban J connectivity index is 2.06. The maximum atomic E-state index is 5.79. The number of pyridine rings is 1. The number of rotatable bonds is 5. The minimum absolute atomic E-state index is 0.578. The molecule has 0 aliphatic rings. The van der Waals surface area contributed by atoms with Crippen LogP contribution >= 0.6 is 0 Å². The lowest BCUT2D eigenvalue weighted by molar-refractivity contribution is 0.303. The van der Waals surface area contributed by atoms with E-state index in [-0.39, 0.29) is 0 Å². The van der Waals surface area contributed by atoms with Crippen LogP contribution in [-0.4, -0.2) is 4.98 Å². The van der Waals surface area contributed by atoms with E-state index < -0.39 is 0 Å². The third-order valence-electron chi connectivity index (χ3n) is 2.46. The molecule has 0 bridgehead atoms. The smallest absolute Gasteiger partial charge is 0.126 e. The molecule has 2 heteroatoms. The van der Waals surface area contributed by atoms with Gasteiger partial charge in [-0.3, -0.25) is 4.98 Å². The van der Waals surface area contributed by atoms with Crippen molar-refractivity contribution in [2.45, 2.75) is 13.0 Å². The van der Waals surface area contributed by atoms with Gasteiger partial charge < -0.3 is 4.74 Å². The summed E-state index contributed by atoms with van der Waals surface area (Å²) in [5.74, 6) is 0.878. The summed E-state index contributed by atoms with van der Waals surface area (Å²) in [6, 6.07) is 12.0. The van der Waals surface area contributed by atoms with Crippen LogP contribution in [0.15, 0.2) is 61.4 Å². The molecular formula is C15H15NO. The van der Waals surface area contributed by atoms with Crippen LogP contribution in [0.1, 0.15) is 11.1 Å². The van der Waals surface area contributed by atoms with Crippen LogP contribution in [0.25, 0.3) is 0 Å². The number of benzene rings is 1. The van der Waals surface area contributed by atoms with Crippen LogP contribution in [0.3, 0.4) is 0 Å². The van der Waals surface area contributed by atoms with Crippen LogP contribution < -0.4 is 4.74 Å². The maximum absolute atomic E-state index is 5.79. The van der Waals surface area contributed by atoms with Crippen molar-refractivity contribution in [1.29, 1.82) is 0 Å². The summed E-state index contributed by atoms with van der Waals surface area (Å²) in [4.78, 5) is 4.09. The molecule has 0 aliphatic heterocycles. The quantitative estimate of drug-likeness (QED) is 0.728. The summed E-state index contributed by atoms with van der Waals surface area (Å²) >= 11 is 0. The third-order valence-corrected chi connectivity index (χ3v) is 2.46. The third kappa shape index (κ3) is 3.18. The van der Waals surface area contributed by atoms with E-state index in [2.05, 4.69) is 11.6 Å². The molecule has 0 atom stereocenters. The highest BCUT2D eigenvalue weighted by Crippen LogP contribution is 2.18. The van der Waals surface area contributed by atoms with Crippen molar-refractivity contribution in [2.24, 2.45) is 0 Å². The summed E-state index contributed by atoms with van der Waals surface area (Å²) in [5, 5.41) is 0. The SMILES string of the molecule is C=CCc1cnccc1OCc1ccccc1. The van der Waals surface area contributed by atoms with Crippen LogP contribution in [0, 0.1) is 0 Å². The number of aromatic nitrogens is 1. The van der Waals surface area contributed by atoms with Gasteiger partial charge in [-0.2, -0.15) is 0 Å². The van der Waals surface area contributed by atoms with E-state index in [0.717, 1.165) is 23.3 Å². The minimum Gasteiger partial charge on any atom is -0.488 e. The van der Waals surface area contributed by atoms with E-state index in [0.29, 0.717) is 6.61 Å². The Morgan fingerprint density at radius 3 is 2.76 bits per heavy atom. The van der Waals surface area contributed by atoms with E-state index in [1.807, 2.05) is 48.7 Å². The molecule has 17 heavy (non-hydrogen) atoms. The first-order chi connectivity index (χ1) is 8.40. The van der Waals surface area contributed by atoms with Crippen LogP contribution in [-0.2, 0) is 13.0 Å². The topological polar surface area (TPSA) is 22.1 Å². The molecule has 2 nitrogen and oxygen atoms in total. The molecule has 0 saturated carbocycles. The van der Waals surface area contributed by atoms with Crippen molar-refractivity contribution in [3.8, 4) is 5.75 Å². The fraction of sp³-hybridized carbons (Fsp3) is 0.133. The Hall–Kier alpha value is -2.09. The second kappa shape index (κ2) is 5.85. The average molecular weight is 225 g/mol. The molecule has 2 aromatic rings. The highest BCUT2D eigenvalue weighted by molar-refractivity contribution is 5.32. The molecule has 0 saturated heterocycles. The molecule has 0 aliphatic carbocycles. The van der Waals surface area contributed by atoms with Crippen LogP contribution in [0.4, 0.5) is 0 Å². The van der Waals surface area contributed by atoms with Gasteiger partial charge in [-0.1, -0.05) is 36.4 Å². The van der Waals surface area contributed by atoms with E-state index in [1.165, 1.54) is 0 Å². The number of hydrogen-bond acceptors (Lipinski definition) is 2. The fourth-order valence-electron chi connectivity index (χ4n) is 1.60. The summed E-state index contributed by atoms with van der Waals surface area (Å²) in [7, 11) is 0. The van der Waals surface area contributed by atoms with E-state index in [4.69, 9.17) is 4.74 Å². The lowest BCUT2D eigenvalue weighted by Crippen LogP contribution is -1.98. The molecule has 0 spiro atoms. The van der Waals surface area contributed by atoms with Gasteiger partial charge >= 0.3 is 0 Å². The highest BCUT2D eigenvalue weighted by atomic mass is 16.5. The Bertz CT molecular complexity index is 479. The Morgan fingerprint density at radius 1 is 1.18 bits per heavy atom. The van der Waals surface area contributed by atoms with Crippen molar-refractivity contribution < 1.29 is 4.74 Å². The van der Waals surface area contributed by atoms with Crippen molar-refractivity contribution in [1.82, 2.24) is 4.98 Å². The van der Waals surface area contributed by atoms with Gasteiger partial charge in [0.05, 0.1) is 0 Å². The van der Waals surface area contributed by atoms with Gasteiger partial charge in [0.2, 0.25) is 0 Å². The fourth-order valence-corrected chi connectivity index (χ4v) is 1.60. The lowest BCUT2D eigenvalue weighted by atomic mass is 10.2. The first-order valence-electron chi connectivity index (χ1n) is 5.60. The molecule has 0 amide bonds. The molecule has 0 N–H and O–H groups in total. The Morgan fingerprint density at radius 2 is 2.00 bits per heavy atom. The van der Waals surface area contributed by atoms with Gasteiger partial charge in [-0.05, 0) is 18.1 Å². The predicted molar refractivity (Wildman–Crippen MR) is 68.9 cm³/mol. The molecular weight excluding hydrogens is 210 g/mol. The Labute approximate surface area is 102 Å². The van der Waals surface area contributed by atoms with E-state index in [9.17, 15) is 0 Å². The molecule has 86 valence electrons. The van der Waals surface area contributed by atoms with Crippen molar-refractivity contribution in [3.05, 3.63) is 72.6 Å². The second-order valence-corrected chi connectivity index (χ2v) is 3.75. The number of hydrogen-bond donors (Lipinski definition) is 0. The first kappa shape index (κ1) is 11.4. The highest BCUT2D eigenvalue weighted by Gasteiger charge is 2.02. The van der Waals surface area contributed by atoms with Crippen LogP contribution in [0.2, 0.25) is 0 Å². The molecule has 1 aromatic heterocycles. The standard InChI is InChI=1S/C15H15NO/c1-2-6-14-11-16-10-9-15(14)17-12-13-7-4-3-5-8-13/h2-5,7-11H,1,6,12H2. The van der Waals surface area contributed by atoms with Gasteiger partial charge in [0, 0.05) is 18.0 Å². The average Bonchev–Trinajstić information content (AvgIpc) is 2.39. The zero-order valence-electron chi connectivity index (χ0n) is 9.67. The molecule has 2 rings (SSSR count). The van der Waals surface area contributed by atoms with Gasteiger partial charge in [-0.15, -0.1) is 6.58 Å². The molecule has 0 radical (unpaired) electrons. The van der Waals surface area contributed by atoms with Gasteiger partial charge in [0.25, 0.3) is 0 Å². The van der Waals surface area contributed by atoms with Gasteiger partial charge in [-0.25, -0.2) is 0 Å². The largest absolute Gasteiger partial charge is 0.488 e. The lowest BCUT2D eigenvalue weighted by Gasteiger charge is -2.09. The summed E-state index contributed by atoms with van der Waals surface area (Å²) < 4.78 is 5.79. The van der Waals surface area contributed by atoms with Crippen molar-refractivity contribution in [3.63, 3.8) is 0 Å². The summed E-state index contributed by atoms with van der Waals surface area (Å²) in [6.07, 6.45) is 6.19. The monoisotopic (exact) mass is 225 g/mol. The molecule has 1 aromatic carbocycles. The van der Waals surface area contributed by atoms with Gasteiger partial charge in [0.15, 0.2) is 0 Å². The van der Waals surface area contributed by atoms with Crippen molar-refractivity contribution in [2.75, 3.05) is 0 Å². The van der Waals surface area contributed by atoms with E-state index in [1.54, 1.807) is 6.20 Å². The first-order valence-corrected chi connectivity index (χ1v) is 5.60. The molecule has 1 heterocycles. The summed E-state index contributed by atoms with van der Waals surface area (Å²) in [5.41, 5.74) is 2.23. The Kier molecular flexibility index (Phi) is 3.92. The van der Waals surface area contributed by atoms with Crippen LogP contribution in [0.5, 0.6) is 5.75 Å². The predicted octanol–water partition coefficient (Wildman–Crippen LogP) is 3.39. The van der Waals surface area contributed by atoms with Crippen molar-refractivity contribution >= 4 is 0 Å². The number of nitrogens with zero attached hydrogens (tertiary/aromatic N) is 1. The summed E-state index contributed by atoms with van der Waals surface area (Å²) in [6.45, 7) is 4.31. The zero-order valence-corrected chi connectivity index (χ0v) is 9.67. The van der Waals surface area contributed by atoms with E-state index >= 15 is 0 Å². The minimum atomic E-state index is 0.578.